The monoisotopic (exact) mass is 215 g/mol. The Morgan fingerprint density at radius 3 is 3.06 bits per heavy atom. The lowest BCUT2D eigenvalue weighted by atomic mass is 10.3. The van der Waals surface area contributed by atoms with E-state index in [-0.39, 0.29) is 5.91 Å². The molecule has 0 saturated carbocycles. The molecule has 0 spiro atoms. The van der Waals surface area contributed by atoms with Gasteiger partial charge in [0.2, 0.25) is 0 Å². The Kier molecular flexibility index (Phi) is 3.03. The van der Waals surface area contributed by atoms with E-state index in [9.17, 15) is 4.79 Å². The summed E-state index contributed by atoms with van der Waals surface area (Å²) in [7, 11) is 0. The Balaban J connectivity index is 1.93. The van der Waals surface area contributed by atoms with Crippen molar-refractivity contribution < 1.29 is 4.79 Å². The first-order chi connectivity index (χ1) is 7.86. The number of amides is 1. The fourth-order valence-corrected chi connectivity index (χ4v) is 1.06. The molecule has 2 rings (SSSR count). The topological polar surface area (TPSA) is 83.0 Å². The van der Waals surface area contributed by atoms with Gasteiger partial charge in [-0.15, -0.1) is 0 Å². The second-order valence-corrected chi connectivity index (χ2v) is 2.96. The van der Waals surface area contributed by atoms with Gasteiger partial charge in [0.1, 0.15) is 5.69 Å². The Bertz CT molecular complexity index is 477. The predicted molar refractivity (Wildman–Crippen MR) is 57.9 cm³/mol. The molecule has 1 amide bonds. The van der Waals surface area contributed by atoms with Gasteiger partial charge in [0.05, 0.1) is 6.21 Å². The van der Waals surface area contributed by atoms with Crippen LogP contribution in [0.5, 0.6) is 0 Å². The molecule has 0 bridgehead atoms. The van der Waals surface area contributed by atoms with Crippen LogP contribution >= 0.6 is 0 Å². The van der Waals surface area contributed by atoms with Crippen molar-refractivity contribution in [3.8, 4) is 0 Å². The lowest BCUT2D eigenvalue weighted by Gasteiger charge is -1.95. The van der Waals surface area contributed by atoms with Crippen LogP contribution in [0.3, 0.4) is 0 Å². The van der Waals surface area contributed by atoms with E-state index in [1.807, 2.05) is 6.07 Å². The van der Waals surface area contributed by atoms with E-state index in [4.69, 9.17) is 0 Å². The van der Waals surface area contributed by atoms with Crippen molar-refractivity contribution >= 4 is 12.1 Å². The van der Waals surface area contributed by atoms with Crippen molar-refractivity contribution in [3.63, 3.8) is 0 Å². The number of hydrazone groups is 1. The number of aromatic amines is 1. The number of nitrogens with zero attached hydrogens (tertiary/aromatic N) is 3. The van der Waals surface area contributed by atoms with Crippen molar-refractivity contribution in [3.05, 3.63) is 48.0 Å². The smallest absolute Gasteiger partial charge is 0.273 e. The Labute approximate surface area is 91.4 Å². The van der Waals surface area contributed by atoms with Crippen molar-refractivity contribution in [1.29, 1.82) is 0 Å². The van der Waals surface area contributed by atoms with Gasteiger partial charge in [-0.3, -0.25) is 14.9 Å². The molecule has 0 atom stereocenters. The molecular weight excluding hydrogens is 206 g/mol. The van der Waals surface area contributed by atoms with E-state index < -0.39 is 0 Å². The van der Waals surface area contributed by atoms with E-state index >= 15 is 0 Å². The summed E-state index contributed by atoms with van der Waals surface area (Å²) in [6, 6.07) is 5.19. The first kappa shape index (κ1) is 10.0. The molecule has 0 aromatic carbocycles. The van der Waals surface area contributed by atoms with Crippen molar-refractivity contribution in [2.24, 2.45) is 5.10 Å². The summed E-state index contributed by atoms with van der Waals surface area (Å²) in [5.74, 6) is -0.336. The highest BCUT2D eigenvalue weighted by atomic mass is 16.2. The average Bonchev–Trinajstić information content (AvgIpc) is 2.84. The third kappa shape index (κ3) is 2.50. The number of hydrogen-bond donors (Lipinski definition) is 2. The molecule has 2 aromatic heterocycles. The van der Waals surface area contributed by atoms with Gasteiger partial charge in [0, 0.05) is 24.2 Å². The van der Waals surface area contributed by atoms with Gasteiger partial charge >= 0.3 is 0 Å². The number of carbonyl (C=O) groups excluding carboxylic acids is 1. The number of hydrogen-bond acceptors (Lipinski definition) is 4. The average molecular weight is 215 g/mol. The number of rotatable bonds is 3. The van der Waals surface area contributed by atoms with Gasteiger partial charge in [-0.25, -0.2) is 5.43 Å². The van der Waals surface area contributed by atoms with Gasteiger partial charge in [-0.05, 0) is 12.1 Å². The van der Waals surface area contributed by atoms with Gasteiger partial charge in [0.15, 0.2) is 0 Å². The van der Waals surface area contributed by atoms with Crippen LogP contribution < -0.4 is 5.43 Å². The van der Waals surface area contributed by atoms with Crippen LogP contribution in [0.1, 0.15) is 16.1 Å². The van der Waals surface area contributed by atoms with E-state index in [2.05, 4.69) is 25.7 Å². The molecular formula is C10H9N5O. The molecule has 6 nitrogen and oxygen atoms in total. The molecule has 0 aliphatic carbocycles. The van der Waals surface area contributed by atoms with Crippen LogP contribution in [0, 0.1) is 0 Å². The summed E-state index contributed by atoms with van der Waals surface area (Å²) in [5.41, 5.74) is 3.54. The second kappa shape index (κ2) is 4.83. The van der Waals surface area contributed by atoms with Gasteiger partial charge in [0.25, 0.3) is 5.91 Å². The number of carbonyl (C=O) groups is 1. The molecule has 0 aliphatic rings. The highest BCUT2D eigenvalue weighted by molar-refractivity contribution is 5.92. The van der Waals surface area contributed by atoms with Crippen molar-refractivity contribution in [2.75, 3.05) is 0 Å². The zero-order chi connectivity index (χ0) is 11.2. The summed E-state index contributed by atoms with van der Waals surface area (Å²) in [6.45, 7) is 0. The third-order valence-electron chi connectivity index (χ3n) is 1.81. The lowest BCUT2D eigenvalue weighted by molar-refractivity contribution is 0.0950. The van der Waals surface area contributed by atoms with Crippen LogP contribution in [0.4, 0.5) is 0 Å². The van der Waals surface area contributed by atoms with Crippen LogP contribution in [0.15, 0.2) is 41.9 Å². The van der Waals surface area contributed by atoms with E-state index in [1.54, 1.807) is 24.5 Å². The standard InChI is InChI=1S/C10H9N5O/c16-10(9-3-5-12-14-9)15-13-7-8-2-1-4-11-6-8/h1-7H,(H,12,14)(H,15,16)/b13-7-. The maximum absolute atomic E-state index is 11.4. The molecule has 2 heterocycles. The zero-order valence-electron chi connectivity index (χ0n) is 8.29. The number of H-pyrrole nitrogens is 1. The fourth-order valence-electron chi connectivity index (χ4n) is 1.06. The van der Waals surface area contributed by atoms with Crippen LogP contribution in [0.25, 0.3) is 0 Å². The number of aromatic nitrogens is 3. The first-order valence-corrected chi connectivity index (χ1v) is 4.59. The molecule has 2 aromatic rings. The highest BCUT2D eigenvalue weighted by Crippen LogP contribution is 1.92. The molecule has 0 fully saturated rings. The maximum atomic E-state index is 11.4. The van der Waals surface area contributed by atoms with E-state index in [0.29, 0.717) is 5.69 Å². The Morgan fingerprint density at radius 1 is 1.44 bits per heavy atom. The van der Waals surface area contributed by atoms with E-state index in [0.717, 1.165) is 5.56 Å². The highest BCUT2D eigenvalue weighted by Gasteiger charge is 2.03. The van der Waals surface area contributed by atoms with Gasteiger partial charge in [-0.1, -0.05) is 6.07 Å². The van der Waals surface area contributed by atoms with Gasteiger partial charge in [-0.2, -0.15) is 10.2 Å². The van der Waals surface area contributed by atoms with Crippen molar-refractivity contribution in [1.82, 2.24) is 20.6 Å². The molecule has 0 aliphatic heterocycles. The quantitative estimate of drug-likeness (QED) is 0.580. The second-order valence-electron chi connectivity index (χ2n) is 2.96. The summed E-state index contributed by atoms with van der Waals surface area (Å²) in [6.07, 6.45) is 6.33. The summed E-state index contributed by atoms with van der Waals surface area (Å²) in [4.78, 5) is 15.3. The van der Waals surface area contributed by atoms with Gasteiger partial charge < -0.3 is 0 Å². The van der Waals surface area contributed by atoms with Crippen LogP contribution in [-0.4, -0.2) is 27.3 Å². The van der Waals surface area contributed by atoms with E-state index in [1.165, 1.54) is 12.4 Å². The normalized spacial score (nSPS) is 10.5. The van der Waals surface area contributed by atoms with Crippen LogP contribution in [-0.2, 0) is 0 Å². The predicted octanol–water partition coefficient (Wildman–Crippen LogP) is 0.569. The summed E-state index contributed by atoms with van der Waals surface area (Å²) >= 11 is 0. The lowest BCUT2D eigenvalue weighted by Crippen LogP contribution is -2.17. The SMILES string of the molecule is O=C(N/N=C\c1cccnc1)c1ccn[nH]1. The van der Waals surface area contributed by atoms with Crippen molar-refractivity contribution in [2.45, 2.75) is 0 Å². The molecule has 0 saturated heterocycles. The molecule has 80 valence electrons. The first-order valence-electron chi connectivity index (χ1n) is 4.59. The number of pyridine rings is 1. The minimum Gasteiger partial charge on any atom is -0.273 e. The zero-order valence-corrected chi connectivity index (χ0v) is 8.29. The summed E-state index contributed by atoms with van der Waals surface area (Å²) < 4.78 is 0. The minimum atomic E-state index is -0.336. The molecule has 2 N–H and O–H groups in total. The Hall–Kier alpha value is -2.50. The number of nitrogens with one attached hydrogen (secondary N) is 2. The molecule has 16 heavy (non-hydrogen) atoms. The fraction of sp³-hybridized carbons (Fsp3) is 0. The molecule has 0 unspecified atom stereocenters. The maximum Gasteiger partial charge on any atom is 0.289 e. The third-order valence-corrected chi connectivity index (χ3v) is 1.81. The largest absolute Gasteiger partial charge is 0.289 e. The molecule has 6 heteroatoms. The summed E-state index contributed by atoms with van der Waals surface area (Å²) in [5, 5.41) is 9.98. The minimum absolute atomic E-state index is 0.336. The molecule has 0 radical (unpaired) electrons. The Morgan fingerprint density at radius 2 is 2.38 bits per heavy atom. The van der Waals surface area contributed by atoms with Crippen LogP contribution in [0.2, 0.25) is 0 Å².